The van der Waals surface area contributed by atoms with Crippen molar-refractivity contribution >= 4 is 23.3 Å². The fourth-order valence-corrected chi connectivity index (χ4v) is 3.79. The van der Waals surface area contributed by atoms with Crippen LogP contribution in [0.25, 0.3) is 0 Å². The zero-order valence-electron chi connectivity index (χ0n) is 15.0. The van der Waals surface area contributed by atoms with Gasteiger partial charge in [-0.1, -0.05) is 25.5 Å². The van der Waals surface area contributed by atoms with E-state index in [0.29, 0.717) is 32.5 Å². The molecule has 2 aliphatic heterocycles. The highest BCUT2D eigenvalue weighted by Gasteiger charge is 2.45. The third-order valence-electron chi connectivity index (χ3n) is 5.20. The van der Waals surface area contributed by atoms with Gasteiger partial charge in [-0.05, 0) is 38.3 Å². The minimum Gasteiger partial charge on any atom is -0.465 e. The van der Waals surface area contributed by atoms with Gasteiger partial charge < -0.3 is 15.4 Å². The second kappa shape index (κ2) is 7.44. The van der Waals surface area contributed by atoms with Gasteiger partial charge in [0.1, 0.15) is 11.6 Å². The lowest BCUT2D eigenvalue weighted by Crippen LogP contribution is -2.60. The summed E-state index contributed by atoms with van der Waals surface area (Å²) >= 11 is 0. The summed E-state index contributed by atoms with van der Waals surface area (Å²) in [5.41, 5.74) is 1.21. The molecule has 25 heavy (non-hydrogen) atoms. The number of rotatable bonds is 5. The van der Waals surface area contributed by atoms with Gasteiger partial charge in [0.25, 0.3) is 0 Å². The van der Waals surface area contributed by atoms with Crippen LogP contribution in [-0.4, -0.2) is 48.1 Å². The summed E-state index contributed by atoms with van der Waals surface area (Å²) in [5, 5.41) is 6.47. The first-order chi connectivity index (χ1) is 12.1. The third kappa shape index (κ3) is 3.49. The summed E-state index contributed by atoms with van der Waals surface area (Å²) in [6, 6.07) is 7.56. The van der Waals surface area contributed by atoms with Gasteiger partial charge in [0.15, 0.2) is 0 Å². The third-order valence-corrected chi connectivity index (χ3v) is 5.20. The number of carbonyl (C=O) groups excluding carboxylic acids is 2. The maximum Gasteiger partial charge on any atom is 0.323 e. The lowest BCUT2D eigenvalue weighted by Gasteiger charge is -2.45. The summed E-state index contributed by atoms with van der Waals surface area (Å²) < 4.78 is 5.24. The Morgan fingerprint density at radius 1 is 1.24 bits per heavy atom. The molecule has 1 aromatic rings. The lowest BCUT2D eigenvalue weighted by atomic mass is 9.83. The predicted molar refractivity (Wildman–Crippen MR) is 97.6 cm³/mol. The number of hydrogen-bond acceptors (Lipinski definition) is 5. The Morgan fingerprint density at radius 3 is 2.56 bits per heavy atom. The number of esters is 1. The molecule has 6 heteroatoms. The van der Waals surface area contributed by atoms with Crippen LogP contribution in [0.1, 0.15) is 39.5 Å². The monoisotopic (exact) mass is 345 g/mol. The molecule has 1 atom stereocenters. The molecule has 3 rings (SSSR count). The summed E-state index contributed by atoms with van der Waals surface area (Å²) in [4.78, 5) is 27.1. The number of likely N-dealkylation sites (tertiary alicyclic amines) is 1. The molecule has 1 aromatic carbocycles. The SMILES string of the molecule is CCC[C@@H](C(=O)OCC)N1CCC2(CC1)Nc1ccccc1NC2=O. The van der Waals surface area contributed by atoms with E-state index in [2.05, 4.69) is 22.5 Å². The van der Waals surface area contributed by atoms with Gasteiger partial charge in [0.05, 0.1) is 18.0 Å². The smallest absolute Gasteiger partial charge is 0.323 e. The fraction of sp³-hybridized carbons (Fsp3) is 0.579. The van der Waals surface area contributed by atoms with Gasteiger partial charge in [0, 0.05) is 13.1 Å². The Hall–Kier alpha value is -2.08. The van der Waals surface area contributed by atoms with Gasteiger partial charge in [-0.3, -0.25) is 14.5 Å². The molecule has 2 heterocycles. The largest absolute Gasteiger partial charge is 0.465 e. The van der Waals surface area contributed by atoms with E-state index in [1.165, 1.54) is 0 Å². The topological polar surface area (TPSA) is 70.7 Å². The Kier molecular flexibility index (Phi) is 5.27. The van der Waals surface area contributed by atoms with Crippen LogP contribution in [0.15, 0.2) is 24.3 Å². The van der Waals surface area contributed by atoms with Crippen molar-refractivity contribution in [1.29, 1.82) is 0 Å². The van der Waals surface area contributed by atoms with Crippen LogP contribution in [0.3, 0.4) is 0 Å². The molecule has 1 spiro atoms. The molecule has 1 amide bonds. The van der Waals surface area contributed by atoms with Gasteiger partial charge in [-0.25, -0.2) is 0 Å². The van der Waals surface area contributed by atoms with E-state index in [4.69, 9.17) is 4.74 Å². The number of carbonyl (C=O) groups is 2. The van der Waals surface area contributed by atoms with Crippen molar-refractivity contribution in [3.63, 3.8) is 0 Å². The van der Waals surface area contributed by atoms with Crippen LogP contribution < -0.4 is 10.6 Å². The number of para-hydroxylation sites is 2. The molecule has 0 bridgehead atoms. The highest BCUT2D eigenvalue weighted by molar-refractivity contribution is 6.06. The molecular formula is C19H27N3O3. The molecule has 0 radical (unpaired) electrons. The number of anilines is 2. The maximum atomic E-state index is 12.7. The summed E-state index contributed by atoms with van der Waals surface area (Å²) in [6.45, 7) is 5.71. The molecule has 1 fully saturated rings. The lowest BCUT2D eigenvalue weighted by molar-refractivity contribution is -0.150. The van der Waals surface area contributed by atoms with Crippen molar-refractivity contribution in [3.05, 3.63) is 24.3 Å². The number of nitrogens with zero attached hydrogens (tertiary/aromatic N) is 1. The zero-order valence-corrected chi connectivity index (χ0v) is 15.0. The quantitative estimate of drug-likeness (QED) is 0.803. The van der Waals surface area contributed by atoms with Crippen LogP contribution in [0, 0.1) is 0 Å². The number of piperidine rings is 1. The van der Waals surface area contributed by atoms with Gasteiger partial charge in [-0.2, -0.15) is 0 Å². The minimum absolute atomic E-state index is 0.0222. The van der Waals surface area contributed by atoms with E-state index in [0.717, 1.165) is 24.2 Å². The van der Waals surface area contributed by atoms with Crippen molar-refractivity contribution < 1.29 is 14.3 Å². The second-order valence-corrected chi connectivity index (χ2v) is 6.80. The standard InChI is InChI=1S/C19H27N3O3/c1-3-7-16(17(23)25-4-2)22-12-10-19(11-13-22)18(24)20-14-8-5-6-9-15(14)21-19/h5-6,8-9,16,21H,3-4,7,10-13H2,1-2H3,(H,20,24)/t16-/m0/s1. The average Bonchev–Trinajstić information content (AvgIpc) is 2.62. The summed E-state index contributed by atoms with van der Waals surface area (Å²) in [5.74, 6) is -0.124. The van der Waals surface area contributed by atoms with Crippen LogP contribution in [0.4, 0.5) is 11.4 Å². The van der Waals surface area contributed by atoms with Crippen LogP contribution in [0.5, 0.6) is 0 Å². The number of amides is 1. The Balaban J connectivity index is 1.70. The number of hydrogen-bond donors (Lipinski definition) is 2. The highest BCUT2D eigenvalue weighted by atomic mass is 16.5. The van der Waals surface area contributed by atoms with E-state index >= 15 is 0 Å². The number of ether oxygens (including phenoxy) is 1. The van der Waals surface area contributed by atoms with Crippen molar-refractivity contribution in [2.75, 3.05) is 30.3 Å². The second-order valence-electron chi connectivity index (χ2n) is 6.80. The van der Waals surface area contributed by atoms with E-state index in [1.807, 2.05) is 31.2 Å². The van der Waals surface area contributed by atoms with Crippen molar-refractivity contribution in [3.8, 4) is 0 Å². The zero-order chi connectivity index (χ0) is 17.9. The first kappa shape index (κ1) is 17.7. The highest BCUT2D eigenvalue weighted by Crippen LogP contribution is 2.36. The molecule has 1 saturated heterocycles. The molecule has 0 saturated carbocycles. The first-order valence-electron chi connectivity index (χ1n) is 9.19. The maximum absolute atomic E-state index is 12.7. The molecule has 0 aromatic heterocycles. The Labute approximate surface area is 148 Å². The van der Waals surface area contributed by atoms with E-state index in [9.17, 15) is 9.59 Å². The molecule has 2 N–H and O–H groups in total. The number of fused-ring (bicyclic) bond motifs is 1. The van der Waals surface area contributed by atoms with Crippen molar-refractivity contribution in [2.45, 2.75) is 51.1 Å². The average molecular weight is 345 g/mol. The van der Waals surface area contributed by atoms with Gasteiger partial charge in [0.2, 0.25) is 5.91 Å². The van der Waals surface area contributed by atoms with Crippen LogP contribution >= 0.6 is 0 Å². The Morgan fingerprint density at radius 2 is 1.92 bits per heavy atom. The molecular weight excluding hydrogens is 318 g/mol. The van der Waals surface area contributed by atoms with Crippen molar-refractivity contribution in [1.82, 2.24) is 4.90 Å². The molecule has 2 aliphatic rings. The predicted octanol–water partition coefficient (Wildman–Crippen LogP) is 2.62. The van der Waals surface area contributed by atoms with Crippen LogP contribution in [-0.2, 0) is 14.3 Å². The normalized spacial score (nSPS) is 20.3. The van der Waals surface area contributed by atoms with Gasteiger partial charge >= 0.3 is 5.97 Å². The van der Waals surface area contributed by atoms with Gasteiger partial charge in [-0.15, -0.1) is 0 Å². The summed E-state index contributed by atoms with van der Waals surface area (Å²) in [6.07, 6.45) is 3.06. The number of benzene rings is 1. The molecule has 6 nitrogen and oxygen atoms in total. The molecule has 136 valence electrons. The van der Waals surface area contributed by atoms with Crippen LogP contribution in [0.2, 0.25) is 0 Å². The number of nitrogens with one attached hydrogen (secondary N) is 2. The fourth-order valence-electron chi connectivity index (χ4n) is 3.79. The minimum atomic E-state index is -0.587. The van der Waals surface area contributed by atoms with E-state index in [-0.39, 0.29) is 17.9 Å². The van der Waals surface area contributed by atoms with Crippen molar-refractivity contribution in [2.24, 2.45) is 0 Å². The molecule has 0 unspecified atom stereocenters. The first-order valence-corrected chi connectivity index (χ1v) is 9.19. The van der Waals surface area contributed by atoms with E-state index in [1.54, 1.807) is 0 Å². The van der Waals surface area contributed by atoms with E-state index < -0.39 is 5.54 Å². The summed E-state index contributed by atoms with van der Waals surface area (Å²) in [7, 11) is 0. The Bertz CT molecular complexity index is 639. The molecule has 0 aliphatic carbocycles.